The molecule has 0 amide bonds. The summed E-state index contributed by atoms with van der Waals surface area (Å²) in [5.41, 5.74) is 0. The van der Waals surface area contributed by atoms with Crippen LogP contribution in [0.4, 0.5) is 0 Å². The fourth-order valence-electron chi connectivity index (χ4n) is 2.00. The first kappa shape index (κ1) is 11.3. The van der Waals surface area contributed by atoms with Gasteiger partial charge in [0.1, 0.15) is 0 Å². The molecule has 2 aliphatic rings. The summed E-state index contributed by atoms with van der Waals surface area (Å²) in [4.78, 5) is 0. The average molecular weight is 215 g/mol. The maximum Gasteiger partial charge on any atom is 0.0620 e. The van der Waals surface area contributed by atoms with E-state index in [1.165, 1.54) is 0 Å². The van der Waals surface area contributed by atoms with Gasteiger partial charge in [0.2, 0.25) is 0 Å². The van der Waals surface area contributed by atoms with Crippen LogP contribution in [-0.2, 0) is 14.2 Å². The normalized spacial score (nSPS) is 31.2. The fourth-order valence-corrected chi connectivity index (χ4v) is 2.00. The molecule has 2 heterocycles. The van der Waals surface area contributed by atoms with Crippen molar-refractivity contribution in [2.24, 2.45) is 5.92 Å². The molecule has 2 aliphatic heterocycles. The lowest BCUT2D eigenvalue weighted by atomic mass is 10.1. The molecule has 1 N–H and O–H groups in total. The van der Waals surface area contributed by atoms with E-state index >= 15 is 0 Å². The number of nitrogens with one attached hydrogen (secondary N) is 1. The van der Waals surface area contributed by atoms with Gasteiger partial charge in [0.25, 0.3) is 0 Å². The van der Waals surface area contributed by atoms with Crippen LogP contribution >= 0.6 is 0 Å². The van der Waals surface area contributed by atoms with Gasteiger partial charge < -0.3 is 19.5 Å². The Labute approximate surface area is 91.3 Å². The van der Waals surface area contributed by atoms with Crippen molar-refractivity contribution in [3.8, 4) is 0 Å². The van der Waals surface area contributed by atoms with Gasteiger partial charge in [-0.25, -0.2) is 0 Å². The molecule has 2 rings (SSSR count). The zero-order valence-corrected chi connectivity index (χ0v) is 9.24. The molecule has 2 atom stereocenters. The second-order valence-electron chi connectivity index (χ2n) is 4.32. The molecule has 2 unspecified atom stereocenters. The van der Waals surface area contributed by atoms with Crippen molar-refractivity contribution in [1.29, 1.82) is 0 Å². The SMILES string of the molecule is C(COCC1CCOC1)NC1CCOC1. The first-order valence-electron chi connectivity index (χ1n) is 5.92. The molecule has 0 bridgehead atoms. The van der Waals surface area contributed by atoms with Gasteiger partial charge in [-0.05, 0) is 12.8 Å². The van der Waals surface area contributed by atoms with Crippen molar-refractivity contribution in [2.75, 3.05) is 46.2 Å². The van der Waals surface area contributed by atoms with Gasteiger partial charge in [-0.3, -0.25) is 0 Å². The van der Waals surface area contributed by atoms with E-state index in [1.807, 2.05) is 0 Å². The predicted molar refractivity (Wildman–Crippen MR) is 57.0 cm³/mol. The van der Waals surface area contributed by atoms with E-state index < -0.39 is 0 Å². The highest BCUT2D eigenvalue weighted by Gasteiger charge is 2.16. The van der Waals surface area contributed by atoms with E-state index in [0.29, 0.717) is 12.0 Å². The van der Waals surface area contributed by atoms with E-state index in [9.17, 15) is 0 Å². The zero-order valence-electron chi connectivity index (χ0n) is 9.24. The van der Waals surface area contributed by atoms with E-state index in [0.717, 1.165) is 59.0 Å². The summed E-state index contributed by atoms with van der Waals surface area (Å²) in [5.74, 6) is 0.625. The molecule has 0 radical (unpaired) electrons. The largest absolute Gasteiger partial charge is 0.381 e. The Morgan fingerprint density at radius 1 is 1.13 bits per heavy atom. The minimum absolute atomic E-state index is 0.545. The van der Waals surface area contributed by atoms with E-state index in [1.54, 1.807) is 0 Å². The molecule has 15 heavy (non-hydrogen) atoms. The summed E-state index contributed by atoms with van der Waals surface area (Å²) in [6.07, 6.45) is 2.29. The Hall–Kier alpha value is -0.160. The fraction of sp³-hybridized carbons (Fsp3) is 1.00. The van der Waals surface area contributed by atoms with Crippen LogP contribution in [0.25, 0.3) is 0 Å². The molecular weight excluding hydrogens is 194 g/mol. The highest BCUT2D eigenvalue weighted by atomic mass is 16.5. The Balaban J connectivity index is 1.41. The van der Waals surface area contributed by atoms with Crippen molar-refractivity contribution in [1.82, 2.24) is 5.32 Å². The summed E-state index contributed by atoms with van der Waals surface area (Å²) < 4.78 is 16.2. The van der Waals surface area contributed by atoms with Gasteiger partial charge in [-0.1, -0.05) is 0 Å². The van der Waals surface area contributed by atoms with Crippen LogP contribution in [0, 0.1) is 5.92 Å². The summed E-state index contributed by atoms with van der Waals surface area (Å²) in [6, 6.07) is 0.545. The number of rotatable bonds is 6. The van der Waals surface area contributed by atoms with Crippen LogP contribution < -0.4 is 5.32 Å². The maximum atomic E-state index is 5.59. The minimum Gasteiger partial charge on any atom is -0.381 e. The quantitative estimate of drug-likeness (QED) is 0.652. The first-order valence-corrected chi connectivity index (χ1v) is 5.92. The van der Waals surface area contributed by atoms with Crippen molar-refractivity contribution in [2.45, 2.75) is 18.9 Å². The van der Waals surface area contributed by atoms with Gasteiger partial charge in [-0.15, -0.1) is 0 Å². The highest BCUT2D eigenvalue weighted by Crippen LogP contribution is 2.11. The molecule has 0 aromatic heterocycles. The van der Waals surface area contributed by atoms with Crippen molar-refractivity contribution >= 4 is 0 Å². The topological polar surface area (TPSA) is 39.7 Å². The smallest absolute Gasteiger partial charge is 0.0620 e. The van der Waals surface area contributed by atoms with Crippen LogP contribution in [0.2, 0.25) is 0 Å². The van der Waals surface area contributed by atoms with Gasteiger partial charge in [0.05, 0.1) is 26.4 Å². The number of ether oxygens (including phenoxy) is 3. The van der Waals surface area contributed by atoms with Crippen LogP contribution in [0.15, 0.2) is 0 Å². The lowest BCUT2D eigenvalue weighted by molar-refractivity contribution is 0.0896. The zero-order chi connectivity index (χ0) is 10.3. The van der Waals surface area contributed by atoms with Gasteiger partial charge in [-0.2, -0.15) is 0 Å². The van der Waals surface area contributed by atoms with Gasteiger partial charge in [0, 0.05) is 31.7 Å². The molecule has 0 saturated carbocycles. The Bertz CT molecular complexity index is 147. The van der Waals surface area contributed by atoms with Crippen LogP contribution in [0.3, 0.4) is 0 Å². The minimum atomic E-state index is 0.545. The standard InChI is InChI=1S/C11H21NO3/c1-4-13-7-10(1)8-15-6-3-12-11-2-5-14-9-11/h10-12H,1-9H2. The Morgan fingerprint density at radius 2 is 2.00 bits per heavy atom. The van der Waals surface area contributed by atoms with Crippen molar-refractivity contribution < 1.29 is 14.2 Å². The highest BCUT2D eigenvalue weighted by molar-refractivity contribution is 4.70. The van der Waals surface area contributed by atoms with Gasteiger partial charge >= 0.3 is 0 Å². The molecule has 4 nitrogen and oxygen atoms in total. The second-order valence-corrected chi connectivity index (χ2v) is 4.32. The summed E-state index contributed by atoms with van der Waals surface area (Å²) in [5, 5.41) is 3.43. The molecule has 4 heteroatoms. The third-order valence-corrected chi connectivity index (χ3v) is 2.99. The molecule has 2 saturated heterocycles. The van der Waals surface area contributed by atoms with Crippen LogP contribution in [-0.4, -0.2) is 52.2 Å². The summed E-state index contributed by atoms with van der Waals surface area (Å²) >= 11 is 0. The van der Waals surface area contributed by atoms with E-state index in [4.69, 9.17) is 14.2 Å². The van der Waals surface area contributed by atoms with Crippen molar-refractivity contribution in [3.63, 3.8) is 0 Å². The van der Waals surface area contributed by atoms with E-state index in [-0.39, 0.29) is 0 Å². The third kappa shape index (κ3) is 4.07. The van der Waals surface area contributed by atoms with Gasteiger partial charge in [0.15, 0.2) is 0 Å². The molecule has 0 aromatic rings. The van der Waals surface area contributed by atoms with E-state index in [2.05, 4.69) is 5.32 Å². The predicted octanol–water partition coefficient (Wildman–Crippen LogP) is 0.418. The third-order valence-electron chi connectivity index (χ3n) is 2.99. The lowest BCUT2D eigenvalue weighted by Gasteiger charge is -2.12. The molecule has 0 aromatic carbocycles. The molecule has 88 valence electrons. The molecule has 2 fully saturated rings. The molecule has 0 aliphatic carbocycles. The number of hydrogen-bond donors (Lipinski definition) is 1. The average Bonchev–Trinajstić information content (AvgIpc) is 2.88. The van der Waals surface area contributed by atoms with Crippen LogP contribution in [0.5, 0.6) is 0 Å². The Morgan fingerprint density at radius 3 is 2.73 bits per heavy atom. The second kappa shape index (κ2) is 6.43. The first-order chi connectivity index (χ1) is 7.45. The maximum absolute atomic E-state index is 5.59. The summed E-state index contributed by atoms with van der Waals surface area (Å²) in [6.45, 7) is 6.13. The number of hydrogen-bond acceptors (Lipinski definition) is 4. The lowest BCUT2D eigenvalue weighted by Crippen LogP contribution is -2.32. The molecule has 0 spiro atoms. The monoisotopic (exact) mass is 215 g/mol. The van der Waals surface area contributed by atoms with Crippen LogP contribution in [0.1, 0.15) is 12.8 Å². The Kier molecular flexibility index (Phi) is 4.86. The molecular formula is C11H21NO3. The summed E-state index contributed by atoms with van der Waals surface area (Å²) in [7, 11) is 0. The van der Waals surface area contributed by atoms with Crippen molar-refractivity contribution in [3.05, 3.63) is 0 Å².